The lowest BCUT2D eigenvalue weighted by Crippen LogP contribution is -2.34. The van der Waals surface area contributed by atoms with E-state index in [0.29, 0.717) is 41.9 Å². The second-order valence-corrected chi connectivity index (χ2v) is 9.18. The maximum absolute atomic E-state index is 14.6. The third-order valence-electron chi connectivity index (χ3n) is 6.83. The Bertz CT molecular complexity index is 1490. The number of aromatic nitrogens is 4. The molecule has 1 aliphatic heterocycles. The van der Waals surface area contributed by atoms with Crippen LogP contribution < -0.4 is 0 Å². The van der Waals surface area contributed by atoms with Gasteiger partial charge in [-0.25, -0.2) is 9.37 Å². The van der Waals surface area contributed by atoms with Gasteiger partial charge in [-0.3, -0.25) is 14.0 Å². The molecule has 2 aromatic carbocycles. The fourth-order valence-electron chi connectivity index (χ4n) is 4.75. The van der Waals surface area contributed by atoms with Gasteiger partial charge in [0.2, 0.25) is 0 Å². The van der Waals surface area contributed by atoms with E-state index >= 15 is 0 Å². The third kappa shape index (κ3) is 3.86. The number of amides is 1. The minimum absolute atomic E-state index is 0.0385. The van der Waals surface area contributed by atoms with E-state index in [1.807, 2.05) is 61.8 Å². The molecule has 0 bridgehead atoms. The number of imidazole rings is 1. The van der Waals surface area contributed by atoms with Crippen LogP contribution in [0, 0.1) is 24.1 Å². The number of nitriles is 1. The molecule has 2 aromatic heterocycles. The number of carbonyl (C=O) groups excluding carboxylic acids is 1. The predicted molar refractivity (Wildman–Crippen MR) is 131 cm³/mol. The van der Waals surface area contributed by atoms with Crippen LogP contribution in [0.3, 0.4) is 0 Å². The van der Waals surface area contributed by atoms with Gasteiger partial charge in [0.25, 0.3) is 5.91 Å². The number of nitrogens with zero attached hydrogens (tertiary/aromatic N) is 7. The van der Waals surface area contributed by atoms with E-state index in [1.165, 1.54) is 12.1 Å². The fourth-order valence-corrected chi connectivity index (χ4v) is 4.75. The van der Waals surface area contributed by atoms with Gasteiger partial charge in [0.15, 0.2) is 0 Å². The van der Waals surface area contributed by atoms with Gasteiger partial charge in [-0.05, 0) is 63.8 Å². The third-order valence-corrected chi connectivity index (χ3v) is 6.83. The first-order chi connectivity index (χ1) is 16.8. The molecule has 1 saturated heterocycles. The summed E-state index contributed by atoms with van der Waals surface area (Å²) in [6.45, 7) is 3.16. The predicted octanol–water partition coefficient (Wildman–Crippen LogP) is 3.52. The van der Waals surface area contributed by atoms with Gasteiger partial charge >= 0.3 is 0 Å². The van der Waals surface area contributed by atoms with Crippen molar-refractivity contribution in [1.82, 2.24) is 29.1 Å². The van der Waals surface area contributed by atoms with Crippen LogP contribution in [-0.4, -0.2) is 68.3 Å². The zero-order valence-corrected chi connectivity index (χ0v) is 20.2. The molecule has 35 heavy (non-hydrogen) atoms. The number of halogens is 1. The van der Waals surface area contributed by atoms with Crippen molar-refractivity contribution in [2.24, 2.45) is 7.05 Å². The molecule has 1 aliphatic rings. The van der Waals surface area contributed by atoms with Crippen molar-refractivity contribution in [1.29, 1.82) is 5.26 Å². The lowest BCUT2D eigenvalue weighted by atomic mass is 10.1. The minimum atomic E-state index is -0.624. The Kier molecular flexibility index (Phi) is 5.61. The van der Waals surface area contributed by atoms with Crippen LogP contribution in [0.5, 0.6) is 0 Å². The molecule has 9 heteroatoms. The van der Waals surface area contributed by atoms with Gasteiger partial charge in [-0.15, -0.1) is 0 Å². The summed E-state index contributed by atoms with van der Waals surface area (Å²) in [5.74, 6) is -0.314. The van der Waals surface area contributed by atoms with Gasteiger partial charge < -0.3 is 9.80 Å². The van der Waals surface area contributed by atoms with Crippen LogP contribution in [0.1, 0.15) is 28.2 Å². The summed E-state index contributed by atoms with van der Waals surface area (Å²) in [5.41, 5.74) is 3.23. The van der Waals surface area contributed by atoms with Crippen LogP contribution in [0.15, 0.2) is 42.6 Å². The number of hydrogen-bond donors (Lipinski definition) is 0. The molecule has 1 amide bonds. The van der Waals surface area contributed by atoms with Crippen molar-refractivity contribution in [3.8, 4) is 23.1 Å². The summed E-state index contributed by atoms with van der Waals surface area (Å²) in [6.07, 6.45) is 2.69. The lowest BCUT2D eigenvalue weighted by Gasteiger charge is -2.20. The zero-order valence-electron chi connectivity index (χ0n) is 20.2. The van der Waals surface area contributed by atoms with Gasteiger partial charge in [-0.1, -0.05) is 0 Å². The Hall–Kier alpha value is -4.03. The summed E-state index contributed by atoms with van der Waals surface area (Å²) in [7, 11) is 5.92. The van der Waals surface area contributed by atoms with E-state index in [4.69, 9.17) is 10.2 Å². The molecular formula is C26H26FN7O. The van der Waals surface area contributed by atoms with E-state index in [2.05, 4.69) is 10.00 Å². The van der Waals surface area contributed by atoms with E-state index in [-0.39, 0.29) is 11.5 Å². The number of likely N-dealkylation sites (tertiary alicyclic amines) is 1. The van der Waals surface area contributed by atoms with Crippen molar-refractivity contribution in [3.05, 3.63) is 65.4 Å². The fraction of sp³-hybridized carbons (Fsp3) is 0.308. The lowest BCUT2D eigenvalue weighted by molar-refractivity contribution is 0.0777. The van der Waals surface area contributed by atoms with E-state index in [9.17, 15) is 9.18 Å². The van der Waals surface area contributed by atoms with E-state index < -0.39 is 5.82 Å². The molecule has 4 aromatic rings. The molecule has 8 nitrogen and oxygen atoms in total. The highest BCUT2D eigenvalue weighted by molar-refractivity contribution is 5.95. The van der Waals surface area contributed by atoms with Crippen LogP contribution in [-0.2, 0) is 7.05 Å². The molecule has 0 aliphatic carbocycles. The monoisotopic (exact) mass is 471 g/mol. The number of likely N-dealkylation sites (N-methyl/N-ethyl adjacent to an activating group) is 1. The molecule has 1 unspecified atom stereocenters. The van der Waals surface area contributed by atoms with Crippen LogP contribution in [0.4, 0.5) is 4.39 Å². The molecule has 0 radical (unpaired) electrons. The smallest absolute Gasteiger partial charge is 0.274 e. The minimum Gasteiger partial charge on any atom is -0.336 e. The maximum atomic E-state index is 14.6. The summed E-state index contributed by atoms with van der Waals surface area (Å²) >= 11 is 0. The van der Waals surface area contributed by atoms with Crippen LogP contribution >= 0.6 is 0 Å². The van der Waals surface area contributed by atoms with Gasteiger partial charge in [0, 0.05) is 42.8 Å². The first-order valence-corrected chi connectivity index (χ1v) is 11.5. The summed E-state index contributed by atoms with van der Waals surface area (Å²) in [6, 6.07) is 12.4. The molecule has 1 atom stereocenters. The first-order valence-electron chi connectivity index (χ1n) is 11.5. The van der Waals surface area contributed by atoms with Gasteiger partial charge in [0.1, 0.15) is 23.4 Å². The number of hydrogen-bond acceptors (Lipinski definition) is 5. The number of rotatable bonds is 4. The average molecular weight is 472 g/mol. The topological polar surface area (TPSA) is 83.0 Å². The van der Waals surface area contributed by atoms with E-state index in [0.717, 1.165) is 23.0 Å². The second-order valence-electron chi connectivity index (χ2n) is 9.18. The number of benzene rings is 2. The highest BCUT2D eigenvalue weighted by Gasteiger charge is 2.32. The largest absolute Gasteiger partial charge is 0.336 e. The summed E-state index contributed by atoms with van der Waals surface area (Å²) < 4.78 is 18.2. The van der Waals surface area contributed by atoms with Gasteiger partial charge in [0.05, 0.1) is 23.0 Å². The molecule has 0 N–H and O–H groups in total. The Morgan fingerprint density at radius 3 is 2.71 bits per heavy atom. The van der Waals surface area contributed by atoms with E-state index in [1.54, 1.807) is 16.9 Å². The normalized spacial score (nSPS) is 15.8. The molecule has 5 rings (SSSR count). The number of carbonyl (C=O) groups is 1. The quantitative estimate of drug-likeness (QED) is 0.455. The Labute approximate surface area is 202 Å². The summed E-state index contributed by atoms with van der Waals surface area (Å²) in [4.78, 5) is 22.3. The average Bonchev–Trinajstić information content (AvgIpc) is 3.56. The first kappa shape index (κ1) is 22.7. The van der Waals surface area contributed by atoms with Crippen molar-refractivity contribution >= 4 is 16.8 Å². The highest BCUT2D eigenvalue weighted by Crippen LogP contribution is 2.30. The van der Waals surface area contributed by atoms with Crippen molar-refractivity contribution in [2.45, 2.75) is 19.4 Å². The molecular weight excluding hydrogens is 445 g/mol. The molecule has 1 fully saturated rings. The molecule has 0 saturated carbocycles. The maximum Gasteiger partial charge on any atom is 0.274 e. The van der Waals surface area contributed by atoms with Gasteiger partial charge in [-0.2, -0.15) is 10.4 Å². The Balaban J connectivity index is 1.65. The van der Waals surface area contributed by atoms with Crippen molar-refractivity contribution in [3.63, 3.8) is 0 Å². The SMILES string of the molecule is Cc1c(C(=O)N2CCC(N(C)C)C2)nc(-c2ccc(C#N)c(F)c2)n1-c1ccc2c(cnn2C)c1. The molecule has 178 valence electrons. The standard InChI is InChI=1S/C26H26FN7O/c1-16-24(26(35)33-10-9-21(15-33)31(2)3)30-25(17-5-6-18(13-28)22(27)12-17)34(16)20-7-8-23-19(11-20)14-29-32(23)4/h5-8,11-12,14,21H,9-10,15H2,1-4H3. The van der Waals surface area contributed by atoms with Crippen molar-refractivity contribution in [2.75, 3.05) is 27.2 Å². The van der Waals surface area contributed by atoms with Crippen LogP contribution in [0.2, 0.25) is 0 Å². The zero-order chi connectivity index (χ0) is 24.9. The second kappa shape index (κ2) is 8.64. The Morgan fingerprint density at radius 2 is 2.03 bits per heavy atom. The van der Waals surface area contributed by atoms with Crippen LogP contribution in [0.25, 0.3) is 28.0 Å². The number of fused-ring (bicyclic) bond motifs is 1. The molecule has 3 heterocycles. The Morgan fingerprint density at radius 1 is 1.23 bits per heavy atom. The van der Waals surface area contributed by atoms with Crippen molar-refractivity contribution < 1.29 is 9.18 Å². The summed E-state index contributed by atoms with van der Waals surface area (Å²) in [5, 5.41) is 14.4. The number of aryl methyl sites for hydroxylation is 1. The molecule has 0 spiro atoms. The highest BCUT2D eigenvalue weighted by atomic mass is 19.1.